The van der Waals surface area contributed by atoms with E-state index in [0.717, 1.165) is 30.3 Å². The minimum absolute atomic E-state index is 0.177. The fraction of sp³-hybridized carbons (Fsp3) is 0.200. The van der Waals surface area contributed by atoms with Gasteiger partial charge in [-0.3, -0.25) is 0 Å². The average Bonchev–Trinajstić information content (AvgIpc) is 3.42. The Morgan fingerprint density at radius 1 is 0.686 bits per heavy atom. The van der Waals surface area contributed by atoms with E-state index in [1.54, 1.807) is 14.2 Å². The van der Waals surface area contributed by atoms with Crippen LogP contribution in [0.25, 0.3) is 0 Å². The lowest BCUT2D eigenvalue weighted by atomic mass is 10.1. The highest BCUT2D eigenvalue weighted by Gasteiger charge is 2.44. The second kappa shape index (κ2) is 10.4. The molecule has 0 radical (unpaired) electrons. The molecule has 0 amide bonds. The maximum atomic E-state index is 5.77. The van der Waals surface area contributed by atoms with Crippen molar-refractivity contribution in [2.45, 2.75) is 12.8 Å². The molecule has 0 unspecified atom stereocenters. The molecule has 1 heterocycles. The van der Waals surface area contributed by atoms with E-state index in [-0.39, 0.29) is 6.79 Å². The van der Waals surface area contributed by atoms with Crippen LogP contribution in [0.1, 0.15) is 12.0 Å². The van der Waals surface area contributed by atoms with Crippen LogP contribution in [-0.2, 0) is 6.42 Å². The van der Waals surface area contributed by atoms with Crippen LogP contribution >= 0.6 is 7.26 Å². The number of methoxy groups -OCH3 is 2. The molecular weight excluding hydrogens is 455 g/mol. The normalized spacial score (nSPS) is 12.4. The summed E-state index contributed by atoms with van der Waals surface area (Å²) < 4.78 is 22.7. The fourth-order valence-electron chi connectivity index (χ4n) is 5.01. The van der Waals surface area contributed by atoms with Crippen LogP contribution in [0, 0.1) is 0 Å². The minimum Gasteiger partial charge on any atom is -0.493 e. The number of hydrogen-bond donors (Lipinski definition) is 0. The molecule has 4 aromatic carbocycles. The zero-order valence-corrected chi connectivity index (χ0v) is 21.0. The van der Waals surface area contributed by atoms with E-state index < -0.39 is 7.26 Å². The molecule has 5 heteroatoms. The molecule has 0 saturated carbocycles. The Morgan fingerprint density at radius 3 is 1.69 bits per heavy atom. The molecule has 4 aromatic rings. The molecule has 178 valence electrons. The van der Waals surface area contributed by atoms with Gasteiger partial charge in [0.05, 0.1) is 20.4 Å². The summed E-state index contributed by atoms with van der Waals surface area (Å²) >= 11 is 0. The SMILES string of the molecule is COc1cc(CCC[P+](c2ccccc2)(c2ccccc2)c2ccccc2)c(OC)c2c1OCO2. The minimum atomic E-state index is -1.88. The van der Waals surface area contributed by atoms with Crippen LogP contribution in [-0.4, -0.2) is 27.2 Å². The maximum Gasteiger partial charge on any atom is 0.231 e. The Labute approximate surface area is 207 Å². The standard InChI is InChI=1S/C30H30O4P/c1-31-27-21-23(28(32-2)30-29(27)33-22-34-30)13-12-20-35(24-14-6-3-7-15-24,25-16-8-4-9-17-25)26-18-10-5-11-19-26/h3-11,14-19,21H,12-13,20,22H2,1-2H3/q+1. The Morgan fingerprint density at radius 2 is 1.20 bits per heavy atom. The molecule has 5 rings (SSSR count). The Hall–Kier alpha value is -3.49. The number of benzene rings is 4. The first kappa shape index (κ1) is 23.3. The molecular formula is C30H30O4P+. The van der Waals surface area contributed by atoms with Gasteiger partial charge in [0.15, 0.2) is 11.5 Å². The highest BCUT2D eigenvalue weighted by atomic mass is 31.2. The first-order chi connectivity index (χ1) is 17.3. The number of rotatable bonds is 9. The highest BCUT2D eigenvalue weighted by Crippen LogP contribution is 2.56. The van der Waals surface area contributed by atoms with Gasteiger partial charge < -0.3 is 18.9 Å². The molecule has 0 aromatic heterocycles. The molecule has 0 aliphatic carbocycles. The van der Waals surface area contributed by atoms with Gasteiger partial charge in [0.2, 0.25) is 18.3 Å². The summed E-state index contributed by atoms with van der Waals surface area (Å²) in [6, 6.07) is 35.0. The third-order valence-corrected chi connectivity index (χ3v) is 11.1. The van der Waals surface area contributed by atoms with E-state index in [2.05, 4.69) is 91.0 Å². The van der Waals surface area contributed by atoms with Crippen molar-refractivity contribution in [1.29, 1.82) is 0 Å². The smallest absolute Gasteiger partial charge is 0.231 e. The topological polar surface area (TPSA) is 36.9 Å². The molecule has 0 saturated heterocycles. The van der Waals surface area contributed by atoms with Gasteiger partial charge in [-0.05, 0) is 55.3 Å². The second-order valence-corrected chi connectivity index (χ2v) is 12.1. The van der Waals surface area contributed by atoms with Crippen LogP contribution in [0.15, 0.2) is 97.1 Å². The van der Waals surface area contributed by atoms with Crippen molar-refractivity contribution in [3.05, 3.63) is 103 Å². The quantitative estimate of drug-likeness (QED) is 0.299. The maximum absolute atomic E-state index is 5.77. The molecule has 1 aliphatic rings. The van der Waals surface area contributed by atoms with Gasteiger partial charge in [-0.2, -0.15) is 0 Å². The monoisotopic (exact) mass is 485 g/mol. The summed E-state index contributed by atoms with van der Waals surface area (Å²) in [5.74, 6) is 2.68. The van der Waals surface area contributed by atoms with E-state index in [1.807, 2.05) is 6.07 Å². The first-order valence-corrected chi connectivity index (χ1v) is 13.8. The van der Waals surface area contributed by atoms with Gasteiger partial charge in [-0.15, -0.1) is 0 Å². The number of aryl methyl sites for hydroxylation is 1. The summed E-state index contributed by atoms with van der Waals surface area (Å²) in [5, 5.41) is 4.19. The Bertz CT molecular complexity index is 1160. The van der Waals surface area contributed by atoms with E-state index in [0.29, 0.717) is 17.2 Å². The molecule has 0 bridgehead atoms. The lowest BCUT2D eigenvalue weighted by Crippen LogP contribution is -2.33. The molecule has 4 nitrogen and oxygen atoms in total. The van der Waals surface area contributed by atoms with Crippen LogP contribution in [0.2, 0.25) is 0 Å². The van der Waals surface area contributed by atoms with Crippen molar-refractivity contribution in [2.24, 2.45) is 0 Å². The second-order valence-electron chi connectivity index (χ2n) is 8.48. The highest BCUT2D eigenvalue weighted by molar-refractivity contribution is 7.95. The summed E-state index contributed by atoms with van der Waals surface area (Å²) in [5.41, 5.74) is 1.07. The third kappa shape index (κ3) is 4.35. The first-order valence-electron chi connectivity index (χ1n) is 11.9. The predicted octanol–water partition coefficient (Wildman–Crippen LogP) is 5.36. The molecule has 1 aliphatic heterocycles. The average molecular weight is 486 g/mol. The van der Waals surface area contributed by atoms with E-state index in [9.17, 15) is 0 Å². The fourth-order valence-corrected chi connectivity index (χ4v) is 9.36. The van der Waals surface area contributed by atoms with Crippen molar-refractivity contribution in [2.75, 3.05) is 27.2 Å². The van der Waals surface area contributed by atoms with Crippen LogP contribution in [0.3, 0.4) is 0 Å². The van der Waals surface area contributed by atoms with Crippen molar-refractivity contribution < 1.29 is 18.9 Å². The van der Waals surface area contributed by atoms with Crippen LogP contribution < -0.4 is 34.9 Å². The zero-order chi connectivity index (χ0) is 24.1. The van der Waals surface area contributed by atoms with Gasteiger partial charge in [0.1, 0.15) is 23.2 Å². The summed E-state index contributed by atoms with van der Waals surface area (Å²) in [4.78, 5) is 0. The summed E-state index contributed by atoms with van der Waals surface area (Å²) in [6.45, 7) is 0.177. The Kier molecular flexibility index (Phi) is 6.92. The van der Waals surface area contributed by atoms with E-state index >= 15 is 0 Å². The van der Waals surface area contributed by atoms with Crippen molar-refractivity contribution in [3.8, 4) is 23.0 Å². The molecule has 0 atom stereocenters. The largest absolute Gasteiger partial charge is 0.493 e. The van der Waals surface area contributed by atoms with Gasteiger partial charge >= 0.3 is 0 Å². The van der Waals surface area contributed by atoms with Crippen molar-refractivity contribution in [3.63, 3.8) is 0 Å². The molecule has 0 fully saturated rings. The van der Waals surface area contributed by atoms with Gasteiger partial charge in [0, 0.05) is 5.56 Å². The van der Waals surface area contributed by atoms with Gasteiger partial charge in [-0.1, -0.05) is 54.6 Å². The molecule has 0 N–H and O–H groups in total. The van der Waals surface area contributed by atoms with Gasteiger partial charge in [0.25, 0.3) is 0 Å². The zero-order valence-electron chi connectivity index (χ0n) is 20.1. The Balaban J connectivity index is 1.55. The third-order valence-electron chi connectivity index (χ3n) is 6.59. The van der Waals surface area contributed by atoms with Gasteiger partial charge in [-0.25, -0.2) is 0 Å². The van der Waals surface area contributed by atoms with E-state index in [1.165, 1.54) is 15.9 Å². The van der Waals surface area contributed by atoms with Crippen LogP contribution in [0.4, 0.5) is 0 Å². The lowest BCUT2D eigenvalue weighted by Gasteiger charge is -2.28. The number of fused-ring (bicyclic) bond motifs is 1. The summed E-state index contributed by atoms with van der Waals surface area (Å²) in [6.07, 6.45) is 2.85. The van der Waals surface area contributed by atoms with Crippen molar-refractivity contribution in [1.82, 2.24) is 0 Å². The number of ether oxygens (including phenoxy) is 4. The van der Waals surface area contributed by atoms with E-state index in [4.69, 9.17) is 18.9 Å². The number of hydrogen-bond acceptors (Lipinski definition) is 4. The molecule has 35 heavy (non-hydrogen) atoms. The predicted molar refractivity (Wildman–Crippen MR) is 144 cm³/mol. The lowest BCUT2D eigenvalue weighted by molar-refractivity contribution is 0.168. The summed E-state index contributed by atoms with van der Waals surface area (Å²) in [7, 11) is 1.46. The van der Waals surface area contributed by atoms with Crippen molar-refractivity contribution >= 4 is 23.2 Å². The molecule has 0 spiro atoms. The van der Waals surface area contributed by atoms with Crippen LogP contribution in [0.5, 0.6) is 23.0 Å².